The van der Waals surface area contributed by atoms with Gasteiger partial charge >= 0.3 is 0 Å². The average Bonchev–Trinajstić information content (AvgIpc) is 3.47. The Morgan fingerprint density at radius 1 is 0.941 bits per heavy atom. The van der Waals surface area contributed by atoms with E-state index in [1.54, 1.807) is 29.2 Å². The zero-order chi connectivity index (χ0) is 23.7. The predicted octanol–water partition coefficient (Wildman–Crippen LogP) is 4.26. The molecule has 34 heavy (non-hydrogen) atoms. The van der Waals surface area contributed by atoms with Gasteiger partial charge in [0.25, 0.3) is 5.91 Å². The zero-order valence-corrected chi connectivity index (χ0v) is 20.3. The monoisotopic (exact) mass is 499 g/mol. The summed E-state index contributed by atoms with van der Waals surface area (Å²) in [5, 5.41) is 12.0. The molecule has 5 rings (SSSR count). The molecule has 0 aliphatic carbocycles. The number of aliphatic hydroxyl groups is 1. The molecule has 1 aromatic heterocycles. The Morgan fingerprint density at radius 2 is 1.68 bits per heavy atom. The molecule has 178 valence electrons. The molecule has 2 unspecified atom stereocenters. The highest BCUT2D eigenvalue weighted by Crippen LogP contribution is 2.29. The molecule has 8 heteroatoms. The minimum atomic E-state index is -0.550. The quantitative estimate of drug-likeness (QED) is 0.568. The van der Waals surface area contributed by atoms with Crippen molar-refractivity contribution in [2.45, 2.75) is 18.7 Å². The molecule has 2 fully saturated rings. The molecule has 3 heterocycles. The van der Waals surface area contributed by atoms with Gasteiger partial charge < -0.3 is 14.4 Å². The fraction of sp³-hybridized carbons (Fsp3) is 0.346. The van der Waals surface area contributed by atoms with E-state index in [1.165, 1.54) is 0 Å². The van der Waals surface area contributed by atoms with Crippen molar-refractivity contribution < 1.29 is 14.3 Å². The van der Waals surface area contributed by atoms with Crippen LogP contribution in [0.3, 0.4) is 0 Å². The molecule has 2 aliphatic heterocycles. The molecule has 1 N–H and O–H groups in total. The number of furan rings is 1. The van der Waals surface area contributed by atoms with Crippen LogP contribution in [0.15, 0.2) is 65.1 Å². The van der Waals surface area contributed by atoms with E-state index in [2.05, 4.69) is 9.80 Å². The first-order chi connectivity index (χ1) is 16.5. The van der Waals surface area contributed by atoms with Gasteiger partial charge in [-0.05, 0) is 48.5 Å². The van der Waals surface area contributed by atoms with Crippen molar-refractivity contribution in [3.63, 3.8) is 0 Å². The van der Waals surface area contributed by atoms with Gasteiger partial charge in [-0.15, -0.1) is 0 Å². The second-order valence-corrected chi connectivity index (χ2v) is 9.75. The molecule has 0 spiro atoms. The van der Waals surface area contributed by atoms with Crippen LogP contribution in [0.2, 0.25) is 10.0 Å². The lowest BCUT2D eigenvalue weighted by atomic mass is 10.1. The molecule has 6 nitrogen and oxygen atoms in total. The lowest BCUT2D eigenvalue weighted by Crippen LogP contribution is -2.53. The number of carbonyl (C=O) groups excluding carboxylic acids is 1. The first-order valence-corrected chi connectivity index (χ1v) is 12.3. The van der Waals surface area contributed by atoms with Gasteiger partial charge in [-0.25, -0.2) is 0 Å². The van der Waals surface area contributed by atoms with Crippen molar-refractivity contribution in [1.82, 2.24) is 14.7 Å². The van der Waals surface area contributed by atoms with Gasteiger partial charge in [-0.3, -0.25) is 14.6 Å². The van der Waals surface area contributed by atoms with Gasteiger partial charge in [0.15, 0.2) is 0 Å². The van der Waals surface area contributed by atoms with Crippen LogP contribution in [0.5, 0.6) is 0 Å². The van der Waals surface area contributed by atoms with E-state index in [1.807, 2.05) is 36.4 Å². The fourth-order valence-corrected chi connectivity index (χ4v) is 5.17. The summed E-state index contributed by atoms with van der Waals surface area (Å²) >= 11 is 12.2. The van der Waals surface area contributed by atoms with E-state index in [0.717, 1.165) is 49.8 Å². The molecule has 1 amide bonds. The molecular formula is C26H27Cl2N3O3. The summed E-state index contributed by atoms with van der Waals surface area (Å²) in [7, 11) is 0. The molecule has 0 bridgehead atoms. The number of hydrogen-bond donors (Lipinski definition) is 1. The van der Waals surface area contributed by atoms with Gasteiger partial charge in [0, 0.05) is 55.4 Å². The highest BCUT2D eigenvalue weighted by molar-refractivity contribution is 6.33. The van der Waals surface area contributed by atoms with Crippen LogP contribution in [-0.4, -0.2) is 77.1 Å². The summed E-state index contributed by atoms with van der Waals surface area (Å²) in [6.07, 6.45) is -0.550. The lowest BCUT2D eigenvalue weighted by molar-refractivity contribution is 0.0406. The molecule has 2 aromatic carbocycles. The second-order valence-electron chi connectivity index (χ2n) is 8.91. The van der Waals surface area contributed by atoms with E-state index < -0.39 is 6.10 Å². The molecule has 2 saturated heterocycles. The Morgan fingerprint density at radius 3 is 2.41 bits per heavy atom. The SMILES string of the molecule is O=C(c1ccc(Cl)cc1)N1CC(O)C(N2CCN(Cc3ccc(-c4ccccc4Cl)o3)CC2)C1. The van der Waals surface area contributed by atoms with Gasteiger partial charge in [0.05, 0.1) is 23.7 Å². The Balaban J connectivity index is 1.15. The van der Waals surface area contributed by atoms with E-state index in [9.17, 15) is 9.90 Å². The Kier molecular flexibility index (Phi) is 6.95. The van der Waals surface area contributed by atoms with Crippen LogP contribution in [0.1, 0.15) is 16.1 Å². The largest absolute Gasteiger partial charge is 0.460 e. The number of nitrogens with zero attached hydrogens (tertiary/aromatic N) is 3. The maximum Gasteiger partial charge on any atom is 0.253 e. The number of piperazine rings is 1. The van der Waals surface area contributed by atoms with Crippen LogP contribution in [0.25, 0.3) is 11.3 Å². The highest BCUT2D eigenvalue weighted by Gasteiger charge is 2.38. The number of carbonyl (C=O) groups is 1. The molecule has 0 saturated carbocycles. The summed E-state index contributed by atoms with van der Waals surface area (Å²) in [6.45, 7) is 5.02. The Hall–Kier alpha value is -2.35. The summed E-state index contributed by atoms with van der Waals surface area (Å²) in [5.41, 5.74) is 1.49. The smallest absolute Gasteiger partial charge is 0.253 e. The molecular weight excluding hydrogens is 473 g/mol. The van der Waals surface area contributed by atoms with Crippen LogP contribution in [-0.2, 0) is 6.54 Å². The number of rotatable bonds is 5. The van der Waals surface area contributed by atoms with E-state index in [0.29, 0.717) is 28.7 Å². The van der Waals surface area contributed by atoms with Gasteiger partial charge in [-0.2, -0.15) is 0 Å². The molecule has 0 radical (unpaired) electrons. The van der Waals surface area contributed by atoms with E-state index >= 15 is 0 Å². The lowest BCUT2D eigenvalue weighted by Gasteiger charge is -2.38. The minimum absolute atomic E-state index is 0.0474. The van der Waals surface area contributed by atoms with E-state index in [-0.39, 0.29) is 11.9 Å². The normalized spacial score (nSPS) is 21.8. The number of hydrogen-bond acceptors (Lipinski definition) is 5. The van der Waals surface area contributed by atoms with Crippen molar-refractivity contribution in [2.24, 2.45) is 0 Å². The third kappa shape index (κ3) is 5.02. The minimum Gasteiger partial charge on any atom is -0.460 e. The van der Waals surface area contributed by atoms with Crippen molar-refractivity contribution in [3.05, 3.63) is 82.0 Å². The summed E-state index contributed by atoms with van der Waals surface area (Å²) in [4.78, 5) is 19.2. The summed E-state index contributed by atoms with van der Waals surface area (Å²) in [6, 6.07) is 18.5. The number of amides is 1. The summed E-state index contributed by atoms with van der Waals surface area (Å²) in [5.74, 6) is 1.62. The first kappa shape index (κ1) is 23.4. The number of β-amino-alcohol motifs (C(OH)–C–C–N with tert-alkyl or cyclic N) is 1. The Labute approximate surface area is 209 Å². The highest BCUT2D eigenvalue weighted by atomic mass is 35.5. The summed E-state index contributed by atoms with van der Waals surface area (Å²) < 4.78 is 6.05. The van der Waals surface area contributed by atoms with Crippen LogP contribution in [0.4, 0.5) is 0 Å². The number of aliphatic hydroxyl groups excluding tert-OH is 1. The van der Waals surface area contributed by atoms with Crippen molar-refractivity contribution in [1.29, 1.82) is 0 Å². The zero-order valence-electron chi connectivity index (χ0n) is 18.7. The standard InChI is InChI=1S/C26H27Cl2N3O3/c27-19-7-5-18(6-8-19)26(33)31-16-23(24(32)17-31)30-13-11-29(12-14-30)15-20-9-10-25(34-20)21-3-1-2-4-22(21)28/h1-10,23-24,32H,11-17H2. The molecule has 2 aliphatic rings. The van der Waals surface area contributed by atoms with Crippen molar-refractivity contribution >= 4 is 29.1 Å². The third-order valence-corrected chi connectivity index (χ3v) is 7.28. The molecule has 3 aromatic rings. The third-order valence-electron chi connectivity index (χ3n) is 6.69. The predicted molar refractivity (Wildman–Crippen MR) is 133 cm³/mol. The van der Waals surface area contributed by atoms with Crippen molar-refractivity contribution in [3.8, 4) is 11.3 Å². The maximum absolute atomic E-state index is 12.8. The number of benzene rings is 2. The topological polar surface area (TPSA) is 60.2 Å². The maximum atomic E-state index is 12.8. The second kappa shape index (κ2) is 10.1. The Bertz CT molecular complexity index is 1140. The van der Waals surface area contributed by atoms with Gasteiger partial charge in [-0.1, -0.05) is 35.3 Å². The van der Waals surface area contributed by atoms with Crippen LogP contribution >= 0.6 is 23.2 Å². The van der Waals surface area contributed by atoms with Gasteiger partial charge in [0.1, 0.15) is 11.5 Å². The van der Waals surface area contributed by atoms with Crippen LogP contribution in [0, 0.1) is 0 Å². The first-order valence-electron chi connectivity index (χ1n) is 11.5. The van der Waals surface area contributed by atoms with Crippen molar-refractivity contribution in [2.75, 3.05) is 39.3 Å². The van der Waals surface area contributed by atoms with E-state index in [4.69, 9.17) is 27.6 Å². The number of likely N-dealkylation sites (tertiary alicyclic amines) is 1. The van der Waals surface area contributed by atoms with Gasteiger partial charge in [0.2, 0.25) is 0 Å². The molecule has 2 atom stereocenters. The van der Waals surface area contributed by atoms with Crippen LogP contribution < -0.4 is 0 Å². The average molecular weight is 500 g/mol. The number of halogens is 2. The fourth-order valence-electron chi connectivity index (χ4n) is 4.81.